The minimum atomic E-state index is -0.0917. The summed E-state index contributed by atoms with van der Waals surface area (Å²) in [5, 5.41) is 12.3. The monoisotopic (exact) mass is 225 g/mol. The number of aliphatic hydroxyl groups is 1. The maximum Gasteiger partial charge on any atom is 0.226 e. The topological polar surface area (TPSA) is 49.3 Å². The van der Waals surface area contributed by atoms with Crippen LogP contribution in [0, 0.1) is 10.8 Å². The zero-order valence-corrected chi connectivity index (χ0v) is 10.2. The fourth-order valence-corrected chi connectivity index (χ4v) is 2.82. The first-order chi connectivity index (χ1) is 7.66. The number of rotatable bonds is 5. The molecule has 2 aliphatic carbocycles. The fourth-order valence-electron chi connectivity index (χ4n) is 2.82. The van der Waals surface area contributed by atoms with Gasteiger partial charge in [0.2, 0.25) is 5.91 Å². The third-order valence-corrected chi connectivity index (χ3v) is 4.64. The molecule has 1 amide bonds. The van der Waals surface area contributed by atoms with Crippen molar-refractivity contribution in [2.45, 2.75) is 51.9 Å². The molecule has 0 aromatic rings. The molecule has 2 fully saturated rings. The van der Waals surface area contributed by atoms with E-state index in [1.807, 2.05) is 0 Å². The second kappa shape index (κ2) is 4.36. The molecule has 0 aliphatic heterocycles. The summed E-state index contributed by atoms with van der Waals surface area (Å²) in [6, 6.07) is 0. The third-order valence-electron chi connectivity index (χ3n) is 4.64. The Morgan fingerprint density at radius 1 is 1.25 bits per heavy atom. The number of hydrogen-bond acceptors (Lipinski definition) is 2. The summed E-state index contributed by atoms with van der Waals surface area (Å²) in [5.41, 5.74) is -0.0608. The van der Waals surface area contributed by atoms with Crippen molar-refractivity contribution in [2.24, 2.45) is 10.8 Å². The lowest BCUT2D eigenvalue weighted by Gasteiger charge is -2.27. The van der Waals surface area contributed by atoms with Crippen molar-refractivity contribution >= 4 is 5.91 Å². The van der Waals surface area contributed by atoms with Crippen LogP contribution in [-0.4, -0.2) is 24.2 Å². The fraction of sp³-hybridized carbons (Fsp3) is 0.923. The lowest BCUT2D eigenvalue weighted by Crippen LogP contribution is -2.42. The number of aliphatic hydroxyl groups excluding tert-OH is 1. The predicted molar refractivity (Wildman–Crippen MR) is 63.0 cm³/mol. The molecule has 16 heavy (non-hydrogen) atoms. The number of amides is 1. The Labute approximate surface area is 97.6 Å². The average Bonchev–Trinajstić information content (AvgIpc) is 2.94. The van der Waals surface area contributed by atoms with Crippen molar-refractivity contribution in [1.82, 2.24) is 5.32 Å². The molecule has 2 saturated carbocycles. The molecule has 0 unspecified atom stereocenters. The van der Waals surface area contributed by atoms with E-state index in [0.29, 0.717) is 6.54 Å². The van der Waals surface area contributed by atoms with Gasteiger partial charge in [0.25, 0.3) is 0 Å². The van der Waals surface area contributed by atoms with Gasteiger partial charge in [0.15, 0.2) is 0 Å². The van der Waals surface area contributed by atoms with E-state index in [9.17, 15) is 9.90 Å². The maximum absolute atomic E-state index is 12.2. The molecule has 3 nitrogen and oxygen atoms in total. The van der Waals surface area contributed by atoms with Crippen LogP contribution in [0.25, 0.3) is 0 Å². The minimum absolute atomic E-state index is 0.0309. The van der Waals surface area contributed by atoms with Gasteiger partial charge in [-0.25, -0.2) is 0 Å². The van der Waals surface area contributed by atoms with Crippen LogP contribution >= 0.6 is 0 Å². The van der Waals surface area contributed by atoms with Crippen LogP contribution < -0.4 is 5.32 Å². The van der Waals surface area contributed by atoms with Gasteiger partial charge in [0.05, 0.1) is 6.61 Å². The van der Waals surface area contributed by atoms with Gasteiger partial charge in [0.1, 0.15) is 0 Å². The normalized spacial score (nSPS) is 25.4. The van der Waals surface area contributed by atoms with Gasteiger partial charge < -0.3 is 10.4 Å². The van der Waals surface area contributed by atoms with Gasteiger partial charge in [-0.3, -0.25) is 4.79 Å². The standard InChI is InChI=1S/C13H23NO2/c1-2-13(5-3-4-6-13)11(16)14-9-12(10-15)7-8-12/h15H,2-10H2,1H3,(H,14,16). The summed E-state index contributed by atoms with van der Waals surface area (Å²) in [5.74, 6) is 0.229. The van der Waals surface area contributed by atoms with E-state index in [1.165, 1.54) is 12.8 Å². The molecule has 0 radical (unpaired) electrons. The van der Waals surface area contributed by atoms with Crippen molar-refractivity contribution in [1.29, 1.82) is 0 Å². The molecule has 92 valence electrons. The van der Waals surface area contributed by atoms with Crippen LogP contribution in [0.15, 0.2) is 0 Å². The summed E-state index contributed by atoms with van der Waals surface area (Å²) in [4.78, 5) is 12.2. The second-order valence-corrected chi connectivity index (χ2v) is 5.68. The van der Waals surface area contributed by atoms with E-state index in [-0.39, 0.29) is 23.3 Å². The first-order valence-corrected chi connectivity index (χ1v) is 6.56. The SMILES string of the molecule is CCC1(C(=O)NCC2(CO)CC2)CCCC1. The minimum Gasteiger partial charge on any atom is -0.396 e. The molecule has 2 N–H and O–H groups in total. The number of hydrogen-bond donors (Lipinski definition) is 2. The van der Waals surface area contributed by atoms with Crippen LogP contribution in [0.3, 0.4) is 0 Å². The van der Waals surface area contributed by atoms with E-state index < -0.39 is 0 Å². The average molecular weight is 225 g/mol. The molecule has 0 aromatic carbocycles. The van der Waals surface area contributed by atoms with Crippen molar-refractivity contribution in [3.05, 3.63) is 0 Å². The highest BCUT2D eigenvalue weighted by Crippen LogP contribution is 2.45. The molecule has 0 saturated heterocycles. The van der Waals surface area contributed by atoms with E-state index in [4.69, 9.17) is 0 Å². The third kappa shape index (κ3) is 2.10. The summed E-state index contributed by atoms with van der Waals surface area (Å²) < 4.78 is 0. The summed E-state index contributed by atoms with van der Waals surface area (Å²) >= 11 is 0. The zero-order chi connectivity index (χ0) is 11.6. The second-order valence-electron chi connectivity index (χ2n) is 5.68. The van der Waals surface area contributed by atoms with Gasteiger partial charge in [0, 0.05) is 17.4 Å². The predicted octanol–water partition coefficient (Wildman–Crippen LogP) is 1.85. The van der Waals surface area contributed by atoms with Crippen LogP contribution in [0.2, 0.25) is 0 Å². The van der Waals surface area contributed by atoms with E-state index in [1.54, 1.807) is 0 Å². The van der Waals surface area contributed by atoms with Gasteiger partial charge >= 0.3 is 0 Å². The quantitative estimate of drug-likeness (QED) is 0.750. The summed E-state index contributed by atoms with van der Waals surface area (Å²) in [7, 11) is 0. The molecular weight excluding hydrogens is 202 g/mol. The largest absolute Gasteiger partial charge is 0.396 e. The van der Waals surface area contributed by atoms with Crippen molar-refractivity contribution in [2.75, 3.05) is 13.2 Å². The summed E-state index contributed by atoms with van der Waals surface area (Å²) in [6.45, 7) is 3.00. The first-order valence-electron chi connectivity index (χ1n) is 6.56. The van der Waals surface area contributed by atoms with Gasteiger partial charge in [-0.15, -0.1) is 0 Å². The first kappa shape index (κ1) is 11.9. The van der Waals surface area contributed by atoms with Crippen LogP contribution in [0.1, 0.15) is 51.9 Å². The van der Waals surface area contributed by atoms with Crippen LogP contribution in [-0.2, 0) is 4.79 Å². The molecule has 2 aliphatic rings. The highest BCUT2D eigenvalue weighted by atomic mass is 16.3. The molecule has 0 heterocycles. The Hall–Kier alpha value is -0.570. The number of carbonyl (C=O) groups is 1. The van der Waals surface area contributed by atoms with Crippen molar-refractivity contribution in [3.63, 3.8) is 0 Å². The van der Waals surface area contributed by atoms with E-state index in [0.717, 1.165) is 32.1 Å². The van der Waals surface area contributed by atoms with E-state index in [2.05, 4.69) is 12.2 Å². The van der Waals surface area contributed by atoms with Crippen LogP contribution in [0.5, 0.6) is 0 Å². The number of nitrogens with one attached hydrogen (secondary N) is 1. The Morgan fingerprint density at radius 3 is 2.31 bits per heavy atom. The molecule has 0 spiro atoms. The smallest absolute Gasteiger partial charge is 0.226 e. The van der Waals surface area contributed by atoms with Gasteiger partial charge in [-0.1, -0.05) is 19.8 Å². The maximum atomic E-state index is 12.2. The molecule has 2 rings (SSSR count). The van der Waals surface area contributed by atoms with E-state index >= 15 is 0 Å². The Balaban J connectivity index is 1.87. The molecule has 0 aromatic heterocycles. The highest BCUT2D eigenvalue weighted by molar-refractivity contribution is 5.82. The van der Waals surface area contributed by atoms with Gasteiger partial charge in [-0.05, 0) is 32.1 Å². The van der Waals surface area contributed by atoms with Crippen molar-refractivity contribution < 1.29 is 9.90 Å². The highest BCUT2D eigenvalue weighted by Gasteiger charge is 2.44. The molecule has 0 atom stereocenters. The zero-order valence-electron chi connectivity index (χ0n) is 10.2. The Bertz CT molecular complexity index is 265. The van der Waals surface area contributed by atoms with Crippen molar-refractivity contribution in [3.8, 4) is 0 Å². The lowest BCUT2D eigenvalue weighted by atomic mass is 9.82. The molecular formula is C13H23NO2. The Morgan fingerprint density at radius 2 is 1.88 bits per heavy atom. The summed E-state index contributed by atoms with van der Waals surface area (Å²) in [6.07, 6.45) is 7.53. The Kier molecular flexibility index (Phi) is 3.24. The number of carbonyl (C=O) groups excluding carboxylic acids is 1. The van der Waals surface area contributed by atoms with Crippen LogP contribution in [0.4, 0.5) is 0 Å². The lowest BCUT2D eigenvalue weighted by molar-refractivity contribution is -0.131. The molecule has 0 bridgehead atoms. The van der Waals surface area contributed by atoms with Gasteiger partial charge in [-0.2, -0.15) is 0 Å². The molecule has 3 heteroatoms.